The average Bonchev–Trinajstić information content (AvgIpc) is 3.03. The van der Waals surface area contributed by atoms with E-state index in [-0.39, 0.29) is 0 Å². The normalized spacial score (nSPS) is 25.9. The lowest BCUT2D eigenvalue weighted by Crippen LogP contribution is -2.36. The van der Waals surface area contributed by atoms with E-state index >= 15 is 0 Å². The van der Waals surface area contributed by atoms with Gasteiger partial charge in [-0.3, -0.25) is 0 Å². The topological polar surface area (TPSA) is 29.9 Å². The quantitative estimate of drug-likeness (QED) is 0.925. The minimum absolute atomic E-state index is 0.655. The Balaban J connectivity index is 1.66. The second-order valence-electron chi connectivity index (χ2n) is 6.42. The number of aromatic nitrogens is 2. The molecule has 0 aliphatic heterocycles. The molecule has 3 heteroatoms. The molecule has 0 saturated heterocycles. The van der Waals surface area contributed by atoms with Gasteiger partial charge in [-0.2, -0.15) is 5.10 Å². The fourth-order valence-electron chi connectivity index (χ4n) is 3.28. The highest BCUT2D eigenvalue weighted by atomic mass is 15.3. The highest BCUT2D eigenvalue weighted by Crippen LogP contribution is 2.29. The zero-order valence-corrected chi connectivity index (χ0v) is 13.0. The largest absolute Gasteiger partial charge is 0.310 e. The molecule has 3 unspecified atom stereocenters. The summed E-state index contributed by atoms with van der Waals surface area (Å²) in [5, 5.41) is 8.10. The van der Waals surface area contributed by atoms with Gasteiger partial charge < -0.3 is 5.32 Å². The number of hydrogen-bond donors (Lipinski definition) is 1. The van der Waals surface area contributed by atoms with Gasteiger partial charge in [0.15, 0.2) is 0 Å². The van der Waals surface area contributed by atoms with Crippen molar-refractivity contribution in [2.75, 3.05) is 0 Å². The Morgan fingerprint density at radius 2 is 2.00 bits per heavy atom. The predicted octanol–water partition coefficient (Wildman–Crippen LogP) is 3.79. The summed E-state index contributed by atoms with van der Waals surface area (Å²) in [6.45, 7) is 5.69. The molecule has 2 aromatic rings. The first-order chi connectivity index (χ1) is 10.2. The number of benzene rings is 1. The smallest absolute Gasteiger partial charge is 0.0690 e. The average molecular weight is 283 g/mol. The Morgan fingerprint density at radius 3 is 2.76 bits per heavy atom. The lowest BCUT2D eigenvalue weighted by atomic mass is 9.79. The minimum atomic E-state index is 0.655. The van der Waals surface area contributed by atoms with E-state index in [0.717, 1.165) is 18.4 Å². The van der Waals surface area contributed by atoms with Crippen molar-refractivity contribution in [1.29, 1.82) is 0 Å². The summed E-state index contributed by atoms with van der Waals surface area (Å²) in [6, 6.07) is 11.1. The van der Waals surface area contributed by atoms with Crippen molar-refractivity contribution >= 4 is 0 Å². The van der Waals surface area contributed by atoms with Crippen LogP contribution in [0, 0.1) is 11.8 Å². The van der Waals surface area contributed by atoms with Gasteiger partial charge in [0.25, 0.3) is 0 Å². The lowest BCUT2D eigenvalue weighted by molar-refractivity contribution is 0.225. The van der Waals surface area contributed by atoms with Crippen LogP contribution in [0.2, 0.25) is 0 Å². The van der Waals surface area contributed by atoms with Crippen molar-refractivity contribution in [2.45, 2.75) is 45.7 Å². The number of nitrogens with one attached hydrogen (secondary N) is 1. The molecule has 21 heavy (non-hydrogen) atoms. The van der Waals surface area contributed by atoms with E-state index in [9.17, 15) is 0 Å². The maximum Gasteiger partial charge on any atom is 0.0690 e. The Kier molecular flexibility index (Phi) is 4.39. The van der Waals surface area contributed by atoms with Gasteiger partial charge in [0.05, 0.1) is 5.69 Å². The van der Waals surface area contributed by atoms with Gasteiger partial charge in [-0.15, -0.1) is 0 Å². The highest BCUT2D eigenvalue weighted by molar-refractivity contribution is 5.40. The maximum atomic E-state index is 4.35. The highest BCUT2D eigenvalue weighted by Gasteiger charge is 2.24. The van der Waals surface area contributed by atoms with Crippen LogP contribution >= 0.6 is 0 Å². The predicted molar refractivity (Wildman–Crippen MR) is 86.4 cm³/mol. The molecule has 1 fully saturated rings. The Morgan fingerprint density at radius 1 is 1.14 bits per heavy atom. The van der Waals surface area contributed by atoms with Crippen LogP contribution in [0.4, 0.5) is 0 Å². The van der Waals surface area contributed by atoms with Crippen molar-refractivity contribution in [3.05, 3.63) is 48.3 Å². The van der Waals surface area contributed by atoms with E-state index < -0.39 is 0 Å². The van der Waals surface area contributed by atoms with Gasteiger partial charge in [-0.1, -0.05) is 32.0 Å². The maximum absolute atomic E-state index is 4.35. The summed E-state index contributed by atoms with van der Waals surface area (Å²) in [5.74, 6) is 1.71. The zero-order valence-electron chi connectivity index (χ0n) is 13.0. The molecule has 1 aromatic heterocycles. The van der Waals surface area contributed by atoms with E-state index in [2.05, 4.69) is 48.5 Å². The second kappa shape index (κ2) is 6.44. The summed E-state index contributed by atoms with van der Waals surface area (Å²) in [6.07, 6.45) is 7.78. The molecule has 0 spiro atoms. The van der Waals surface area contributed by atoms with E-state index in [0.29, 0.717) is 6.04 Å². The van der Waals surface area contributed by atoms with Crippen molar-refractivity contribution in [1.82, 2.24) is 15.1 Å². The monoisotopic (exact) mass is 283 g/mol. The van der Waals surface area contributed by atoms with Gasteiger partial charge in [0.1, 0.15) is 0 Å². The van der Waals surface area contributed by atoms with Gasteiger partial charge in [0, 0.05) is 25.0 Å². The van der Waals surface area contributed by atoms with Crippen molar-refractivity contribution < 1.29 is 0 Å². The third kappa shape index (κ3) is 3.35. The Bertz CT molecular complexity index is 562. The van der Waals surface area contributed by atoms with Crippen molar-refractivity contribution in [3.63, 3.8) is 0 Å². The van der Waals surface area contributed by atoms with Crippen LogP contribution in [0.1, 0.15) is 38.7 Å². The molecule has 3 atom stereocenters. The number of rotatable bonds is 4. The first kappa shape index (κ1) is 14.3. The van der Waals surface area contributed by atoms with Gasteiger partial charge in [-0.25, -0.2) is 4.68 Å². The van der Waals surface area contributed by atoms with E-state index in [1.54, 1.807) is 0 Å². The van der Waals surface area contributed by atoms with Crippen molar-refractivity contribution in [2.24, 2.45) is 11.8 Å². The third-order valence-corrected chi connectivity index (χ3v) is 4.92. The van der Waals surface area contributed by atoms with Crippen LogP contribution in [0.3, 0.4) is 0 Å². The van der Waals surface area contributed by atoms with Crippen molar-refractivity contribution in [3.8, 4) is 5.69 Å². The summed E-state index contributed by atoms with van der Waals surface area (Å²) < 4.78 is 1.95. The molecule has 3 rings (SSSR count). The van der Waals surface area contributed by atoms with E-state index in [1.807, 2.05) is 23.1 Å². The van der Waals surface area contributed by atoms with Crippen LogP contribution < -0.4 is 5.32 Å². The van der Waals surface area contributed by atoms with Crippen LogP contribution in [0.15, 0.2) is 42.7 Å². The van der Waals surface area contributed by atoms with Gasteiger partial charge in [0.2, 0.25) is 0 Å². The fraction of sp³-hybridized carbons (Fsp3) is 0.500. The molecule has 0 bridgehead atoms. The number of nitrogens with zero attached hydrogens (tertiary/aromatic N) is 2. The summed E-state index contributed by atoms with van der Waals surface area (Å²) >= 11 is 0. The summed E-state index contributed by atoms with van der Waals surface area (Å²) in [5.41, 5.74) is 2.49. The fourth-order valence-corrected chi connectivity index (χ4v) is 3.28. The molecule has 1 aliphatic rings. The first-order valence-electron chi connectivity index (χ1n) is 8.05. The number of hydrogen-bond acceptors (Lipinski definition) is 2. The molecule has 1 saturated carbocycles. The van der Waals surface area contributed by atoms with Gasteiger partial charge >= 0.3 is 0 Å². The van der Waals surface area contributed by atoms with Crippen LogP contribution in [0.5, 0.6) is 0 Å². The lowest BCUT2D eigenvalue weighted by Gasteiger charge is -2.32. The van der Waals surface area contributed by atoms with Crippen LogP contribution in [-0.2, 0) is 6.54 Å². The standard InChI is InChI=1S/C18H25N3/c1-14-8-9-17(12-15(14)2)19-13-16-6-3-4-7-18(16)21-11-5-10-20-21/h3-7,10-11,14-15,17,19H,8-9,12-13H2,1-2H3. The SMILES string of the molecule is CC1CCC(NCc2ccccc2-n2cccn2)CC1C. The molecule has 3 nitrogen and oxygen atoms in total. The first-order valence-corrected chi connectivity index (χ1v) is 8.05. The summed E-state index contributed by atoms with van der Waals surface area (Å²) in [7, 11) is 0. The molecule has 0 radical (unpaired) electrons. The zero-order chi connectivity index (χ0) is 14.7. The Hall–Kier alpha value is -1.61. The van der Waals surface area contributed by atoms with Crippen LogP contribution in [-0.4, -0.2) is 15.8 Å². The van der Waals surface area contributed by atoms with Gasteiger partial charge in [-0.05, 0) is 48.8 Å². The molecular formula is C18H25N3. The van der Waals surface area contributed by atoms with Crippen LogP contribution in [0.25, 0.3) is 5.69 Å². The molecule has 0 amide bonds. The summed E-state index contributed by atoms with van der Waals surface area (Å²) in [4.78, 5) is 0. The third-order valence-electron chi connectivity index (χ3n) is 4.92. The second-order valence-corrected chi connectivity index (χ2v) is 6.42. The number of para-hydroxylation sites is 1. The Labute approximate surface area is 127 Å². The molecule has 1 heterocycles. The molecule has 112 valence electrons. The molecule has 1 N–H and O–H groups in total. The minimum Gasteiger partial charge on any atom is -0.310 e. The van der Waals surface area contributed by atoms with E-state index in [1.165, 1.54) is 30.5 Å². The molecule has 1 aliphatic carbocycles. The molecular weight excluding hydrogens is 258 g/mol. The molecule has 1 aromatic carbocycles. The van der Waals surface area contributed by atoms with E-state index in [4.69, 9.17) is 0 Å².